The van der Waals surface area contributed by atoms with Crippen LogP contribution in [0.2, 0.25) is 0 Å². The summed E-state index contributed by atoms with van der Waals surface area (Å²) in [4.78, 5) is 38.1. The Kier molecular flexibility index (Phi) is 4.98. The number of hydrogen-bond donors (Lipinski definition) is 1. The number of urea groups is 1. The highest BCUT2D eigenvalue weighted by Gasteiger charge is 2.55. The number of ether oxygens (including phenoxy) is 1. The van der Waals surface area contributed by atoms with E-state index >= 15 is 0 Å². The second kappa shape index (κ2) is 6.47. The first-order valence-corrected chi connectivity index (χ1v) is 8.07. The van der Waals surface area contributed by atoms with Crippen LogP contribution in [0.15, 0.2) is 0 Å². The Hall–Kier alpha value is -1.63. The molecule has 0 aromatic carbocycles. The number of nitrogens with zero attached hydrogens (tertiary/aromatic N) is 2. The van der Waals surface area contributed by atoms with Crippen molar-refractivity contribution in [3.8, 4) is 0 Å². The van der Waals surface area contributed by atoms with E-state index in [-0.39, 0.29) is 47.9 Å². The third kappa shape index (κ3) is 3.20. The maximum Gasteiger partial charge on any atom is 0.326 e. The van der Waals surface area contributed by atoms with Gasteiger partial charge in [0.15, 0.2) is 0 Å². The third-order valence-electron chi connectivity index (χ3n) is 5.13. The molecule has 0 spiro atoms. The van der Waals surface area contributed by atoms with E-state index in [1.54, 1.807) is 14.2 Å². The highest BCUT2D eigenvalue weighted by molar-refractivity contribution is 6.01. The van der Waals surface area contributed by atoms with Crippen LogP contribution in [0.5, 0.6) is 0 Å². The molecule has 0 aromatic heterocycles. The van der Waals surface area contributed by atoms with E-state index in [0.29, 0.717) is 19.4 Å². The molecule has 3 unspecified atom stereocenters. The van der Waals surface area contributed by atoms with Crippen molar-refractivity contribution in [1.82, 2.24) is 15.1 Å². The molecule has 0 bridgehead atoms. The zero-order chi connectivity index (χ0) is 17.4. The molecule has 1 saturated carbocycles. The van der Waals surface area contributed by atoms with Gasteiger partial charge in [0.25, 0.3) is 0 Å². The van der Waals surface area contributed by atoms with Gasteiger partial charge in [-0.3, -0.25) is 14.5 Å². The molecule has 0 radical (unpaired) electrons. The fourth-order valence-electron chi connectivity index (χ4n) is 3.96. The predicted octanol–water partition coefficient (Wildman–Crippen LogP) is 0.836. The highest BCUT2D eigenvalue weighted by Crippen LogP contribution is 2.46. The molecule has 1 heterocycles. The number of carbonyl (C=O) groups excluding carboxylic acids is 3. The minimum atomic E-state index is -0.285. The smallest absolute Gasteiger partial charge is 0.326 e. The lowest BCUT2D eigenvalue weighted by molar-refractivity contribution is -0.154. The molecule has 1 aliphatic heterocycles. The van der Waals surface area contributed by atoms with E-state index in [4.69, 9.17) is 4.74 Å². The van der Waals surface area contributed by atoms with Crippen LogP contribution >= 0.6 is 0 Å². The van der Waals surface area contributed by atoms with Crippen molar-refractivity contribution in [2.24, 2.45) is 11.3 Å². The van der Waals surface area contributed by atoms with E-state index in [0.717, 1.165) is 0 Å². The summed E-state index contributed by atoms with van der Waals surface area (Å²) in [6, 6.07) is -0.201. The largest absolute Gasteiger partial charge is 0.380 e. The average Bonchev–Trinajstić information content (AvgIpc) is 2.71. The summed E-state index contributed by atoms with van der Waals surface area (Å²) in [6.45, 7) is 6.66. The average molecular weight is 325 g/mol. The summed E-state index contributed by atoms with van der Waals surface area (Å²) < 4.78 is 5.47. The van der Waals surface area contributed by atoms with Crippen LogP contribution in [0.3, 0.4) is 0 Å². The van der Waals surface area contributed by atoms with E-state index in [1.165, 1.54) is 9.80 Å². The van der Waals surface area contributed by atoms with Gasteiger partial charge in [-0.25, -0.2) is 4.79 Å². The van der Waals surface area contributed by atoms with Crippen molar-refractivity contribution >= 4 is 17.8 Å². The Morgan fingerprint density at radius 3 is 2.52 bits per heavy atom. The standard InChI is InChI=1S/C16H27N3O4/c1-10-13(16(2,3)14(10)23-5)17-11(20)7-6-8-19-12(21)9-18(4)15(19)22/h10,13-14H,6-9H2,1-5H3,(H,17,20). The van der Waals surface area contributed by atoms with Crippen LogP contribution in [-0.2, 0) is 14.3 Å². The summed E-state index contributed by atoms with van der Waals surface area (Å²) in [5.41, 5.74) is -0.0899. The van der Waals surface area contributed by atoms with Gasteiger partial charge in [-0.15, -0.1) is 0 Å². The maximum absolute atomic E-state index is 12.1. The van der Waals surface area contributed by atoms with Crippen molar-refractivity contribution in [1.29, 1.82) is 0 Å². The van der Waals surface area contributed by atoms with Gasteiger partial charge in [-0.05, 0) is 6.42 Å². The molecule has 1 saturated heterocycles. The Morgan fingerprint density at radius 1 is 1.39 bits per heavy atom. The van der Waals surface area contributed by atoms with Gasteiger partial charge in [0.2, 0.25) is 11.8 Å². The highest BCUT2D eigenvalue weighted by atomic mass is 16.5. The summed E-state index contributed by atoms with van der Waals surface area (Å²) in [7, 11) is 3.29. The zero-order valence-electron chi connectivity index (χ0n) is 14.6. The topological polar surface area (TPSA) is 79.0 Å². The van der Waals surface area contributed by atoms with Crippen molar-refractivity contribution in [2.45, 2.75) is 45.8 Å². The number of methoxy groups -OCH3 is 1. The summed E-state index contributed by atoms with van der Waals surface area (Å²) in [6.07, 6.45) is 0.924. The molecule has 130 valence electrons. The monoisotopic (exact) mass is 325 g/mol. The van der Waals surface area contributed by atoms with E-state index in [2.05, 4.69) is 26.1 Å². The molecule has 2 rings (SSSR count). The Labute approximate surface area is 137 Å². The normalized spacial score (nSPS) is 29.7. The number of imide groups is 1. The molecule has 23 heavy (non-hydrogen) atoms. The second-order valence-corrected chi connectivity index (χ2v) is 7.17. The van der Waals surface area contributed by atoms with E-state index < -0.39 is 0 Å². The minimum absolute atomic E-state index is 0.0445. The van der Waals surface area contributed by atoms with Crippen LogP contribution in [0.4, 0.5) is 4.79 Å². The molecule has 3 atom stereocenters. The molecule has 7 nitrogen and oxygen atoms in total. The van der Waals surface area contributed by atoms with Crippen LogP contribution in [0, 0.1) is 11.3 Å². The van der Waals surface area contributed by atoms with Gasteiger partial charge >= 0.3 is 6.03 Å². The van der Waals surface area contributed by atoms with Crippen molar-refractivity contribution < 1.29 is 19.1 Å². The molecule has 1 N–H and O–H groups in total. The molecular formula is C16H27N3O4. The Bertz CT molecular complexity index is 506. The Morgan fingerprint density at radius 2 is 2.04 bits per heavy atom. The van der Waals surface area contributed by atoms with Crippen molar-refractivity contribution in [2.75, 3.05) is 27.2 Å². The molecule has 2 aliphatic rings. The number of amides is 4. The van der Waals surface area contributed by atoms with Crippen LogP contribution in [0.25, 0.3) is 0 Å². The molecular weight excluding hydrogens is 298 g/mol. The van der Waals surface area contributed by atoms with Crippen LogP contribution in [0.1, 0.15) is 33.6 Å². The SMILES string of the molecule is COC1C(C)C(NC(=O)CCCN2C(=O)CN(C)C2=O)C1(C)C. The van der Waals surface area contributed by atoms with Gasteiger partial charge in [0, 0.05) is 44.5 Å². The first-order valence-electron chi connectivity index (χ1n) is 8.07. The zero-order valence-corrected chi connectivity index (χ0v) is 14.6. The lowest BCUT2D eigenvalue weighted by Crippen LogP contribution is -2.67. The molecule has 2 fully saturated rings. The molecule has 1 aliphatic carbocycles. The second-order valence-electron chi connectivity index (χ2n) is 7.17. The van der Waals surface area contributed by atoms with Gasteiger partial charge < -0.3 is 15.0 Å². The first-order chi connectivity index (χ1) is 10.7. The number of rotatable bonds is 6. The number of hydrogen-bond acceptors (Lipinski definition) is 4. The summed E-state index contributed by atoms with van der Waals surface area (Å²) in [5.74, 6) is 0.0286. The summed E-state index contributed by atoms with van der Waals surface area (Å²) in [5, 5.41) is 3.06. The van der Waals surface area contributed by atoms with E-state index in [1.807, 2.05) is 0 Å². The van der Waals surface area contributed by atoms with Crippen molar-refractivity contribution in [3.05, 3.63) is 0 Å². The van der Waals surface area contributed by atoms with Gasteiger partial charge in [-0.2, -0.15) is 0 Å². The lowest BCUT2D eigenvalue weighted by atomic mass is 9.58. The van der Waals surface area contributed by atoms with Gasteiger partial charge in [-0.1, -0.05) is 20.8 Å². The molecule has 7 heteroatoms. The summed E-state index contributed by atoms with van der Waals surface area (Å²) >= 11 is 0. The Balaban J connectivity index is 1.76. The van der Waals surface area contributed by atoms with Crippen LogP contribution < -0.4 is 5.32 Å². The number of carbonyl (C=O) groups is 3. The van der Waals surface area contributed by atoms with Gasteiger partial charge in [0.05, 0.1) is 6.10 Å². The van der Waals surface area contributed by atoms with Crippen molar-refractivity contribution in [3.63, 3.8) is 0 Å². The van der Waals surface area contributed by atoms with E-state index in [9.17, 15) is 14.4 Å². The minimum Gasteiger partial charge on any atom is -0.380 e. The fraction of sp³-hybridized carbons (Fsp3) is 0.812. The fourth-order valence-corrected chi connectivity index (χ4v) is 3.96. The maximum atomic E-state index is 12.1. The first kappa shape index (κ1) is 17.7. The number of nitrogens with one attached hydrogen (secondary N) is 1. The quantitative estimate of drug-likeness (QED) is 0.734. The van der Waals surface area contributed by atoms with Crippen LogP contribution in [-0.4, -0.2) is 67.0 Å². The third-order valence-corrected chi connectivity index (χ3v) is 5.13. The predicted molar refractivity (Wildman–Crippen MR) is 84.6 cm³/mol. The lowest BCUT2D eigenvalue weighted by Gasteiger charge is -2.56. The molecule has 4 amide bonds. The number of likely N-dealkylation sites (N-methyl/N-ethyl adjacent to an activating group) is 1. The molecule has 0 aromatic rings. The van der Waals surface area contributed by atoms with Gasteiger partial charge in [0.1, 0.15) is 6.54 Å².